The summed E-state index contributed by atoms with van der Waals surface area (Å²) in [5.74, 6) is 2.48. The Morgan fingerprint density at radius 1 is 1.10 bits per heavy atom. The van der Waals surface area contributed by atoms with Crippen molar-refractivity contribution in [2.75, 3.05) is 18.4 Å². The monoisotopic (exact) mass is 274 g/mol. The predicted molar refractivity (Wildman–Crippen MR) is 82.1 cm³/mol. The van der Waals surface area contributed by atoms with Crippen molar-refractivity contribution in [1.29, 1.82) is 0 Å². The molecule has 20 heavy (non-hydrogen) atoms. The van der Waals surface area contributed by atoms with Crippen LogP contribution in [-0.2, 0) is 0 Å². The van der Waals surface area contributed by atoms with Gasteiger partial charge in [0.2, 0.25) is 0 Å². The molecule has 0 radical (unpaired) electrons. The van der Waals surface area contributed by atoms with Crippen LogP contribution in [0.1, 0.15) is 62.4 Å². The summed E-state index contributed by atoms with van der Waals surface area (Å²) >= 11 is 0. The Balaban J connectivity index is 1.71. The van der Waals surface area contributed by atoms with E-state index < -0.39 is 0 Å². The Hall–Kier alpha value is -1.16. The van der Waals surface area contributed by atoms with E-state index in [1.54, 1.807) is 0 Å². The molecule has 1 saturated heterocycles. The normalized spacial score (nSPS) is 24.6. The van der Waals surface area contributed by atoms with Gasteiger partial charge in [-0.05, 0) is 39.2 Å². The van der Waals surface area contributed by atoms with Gasteiger partial charge >= 0.3 is 0 Å². The summed E-state index contributed by atoms with van der Waals surface area (Å²) in [5.41, 5.74) is 1.21. The lowest BCUT2D eigenvalue weighted by Gasteiger charge is -2.25. The predicted octanol–water partition coefficient (Wildman–Crippen LogP) is 3.00. The first-order valence-corrected chi connectivity index (χ1v) is 8.14. The van der Waals surface area contributed by atoms with Crippen molar-refractivity contribution in [1.82, 2.24) is 15.3 Å². The number of nitrogens with one attached hydrogen (secondary N) is 2. The highest BCUT2D eigenvalue weighted by Crippen LogP contribution is 2.25. The molecule has 4 nitrogen and oxygen atoms in total. The lowest BCUT2D eigenvalue weighted by atomic mass is 9.94. The first kappa shape index (κ1) is 13.8. The molecule has 1 aliphatic carbocycles. The van der Waals surface area contributed by atoms with E-state index in [0.717, 1.165) is 24.7 Å². The highest BCUT2D eigenvalue weighted by molar-refractivity contribution is 5.38. The topological polar surface area (TPSA) is 49.8 Å². The van der Waals surface area contributed by atoms with Crippen LogP contribution in [-0.4, -0.2) is 29.1 Å². The van der Waals surface area contributed by atoms with Gasteiger partial charge in [-0.15, -0.1) is 0 Å². The van der Waals surface area contributed by atoms with Gasteiger partial charge in [-0.25, -0.2) is 9.97 Å². The van der Waals surface area contributed by atoms with Gasteiger partial charge in [-0.2, -0.15) is 0 Å². The SMILES string of the molecule is Cc1nc(NC2CCCCC2)cc([C@H]2CCCNC2)n1. The number of aryl methyl sites for hydroxylation is 1. The van der Waals surface area contributed by atoms with Crippen LogP contribution in [0, 0.1) is 6.92 Å². The third kappa shape index (κ3) is 3.48. The molecule has 1 aromatic heterocycles. The number of anilines is 1. The zero-order valence-corrected chi connectivity index (χ0v) is 12.5. The molecule has 2 fully saturated rings. The van der Waals surface area contributed by atoms with Crippen molar-refractivity contribution in [3.05, 3.63) is 17.6 Å². The van der Waals surface area contributed by atoms with Crippen LogP contribution in [0.2, 0.25) is 0 Å². The molecule has 1 saturated carbocycles. The molecule has 1 aliphatic heterocycles. The fraction of sp³-hybridized carbons (Fsp3) is 0.750. The summed E-state index contributed by atoms with van der Waals surface area (Å²) < 4.78 is 0. The number of rotatable bonds is 3. The highest BCUT2D eigenvalue weighted by atomic mass is 15.1. The van der Waals surface area contributed by atoms with Gasteiger partial charge in [0.15, 0.2) is 0 Å². The minimum Gasteiger partial charge on any atom is -0.367 e. The maximum Gasteiger partial charge on any atom is 0.130 e. The first-order valence-electron chi connectivity index (χ1n) is 8.14. The van der Waals surface area contributed by atoms with E-state index in [1.165, 1.54) is 50.6 Å². The van der Waals surface area contributed by atoms with Gasteiger partial charge < -0.3 is 10.6 Å². The van der Waals surface area contributed by atoms with Crippen molar-refractivity contribution < 1.29 is 0 Å². The van der Waals surface area contributed by atoms with Gasteiger partial charge in [-0.1, -0.05) is 19.3 Å². The zero-order chi connectivity index (χ0) is 13.8. The quantitative estimate of drug-likeness (QED) is 0.889. The summed E-state index contributed by atoms with van der Waals surface area (Å²) in [6, 6.07) is 2.79. The summed E-state index contributed by atoms with van der Waals surface area (Å²) in [7, 11) is 0. The number of hydrogen-bond acceptors (Lipinski definition) is 4. The Labute approximate surface area is 121 Å². The summed E-state index contributed by atoms with van der Waals surface area (Å²) in [5, 5.41) is 7.10. The summed E-state index contributed by atoms with van der Waals surface area (Å²) in [4.78, 5) is 9.24. The molecule has 0 spiro atoms. The largest absolute Gasteiger partial charge is 0.367 e. The van der Waals surface area contributed by atoms with Gasteiger partial charge in [0.1, 0.15) is 11.6 Å². The second-order valence-corrected chi connectivity index (χ2v) is 6.25. The Kier molecular flexibility index (Phi) is 4.51. The van der Waals surface area contributed by atoms with Crippen molar-refractivity contribution >= 4 is 5.82 Å². The molecule has 3 rings (SSSR count). The molecular formula is C16H26N4. The first-order chi connectivity index (χ1) is 9.81. The molecule has 0 aromatic carbocycles. The summed E-state index contributed by atoms with van der Waals surface area (Å²) in [6.45, 7) is 4.21. The van der Waals surface area contributed by atoms with Crippen molar-refractivity contribution in [2.24, 2.45) is 0 Å². The number of aromatic nitrogens is 2. The van der Waals surface area contributed by atoms with E-state index in [0.29, 0.717) is 12.0 Å². The van der Waals surface area contributed by atoms with E-state index in [2.05, 4.69) is 26.7 Å². The van der Waals surface area contributed by atoms with Gasteiger partial charge in [0.25, 0.3) is 0 Å². The fourth-order valence-corrected chi connectivity index (χ4v) is 3.43. The third-order valence-corrected chi connectivity index (χ3v) is 4.53. The lowest BCUT2D eigenvalue weighted by molar-refractivity contribution is 0.452. The standard InChI is InChI=1S/C16H26N4/c1-12-18-15(13-6-5-9-17-11-13)10-16(19-12)20-14-7-3-2-4-8-14/h10,13-14,17H,2-9,11H2,1H3,(H,18,19,20)/t13-/m0/s1. The third-order valence-electron chi connectivity index (χ3n) is 4.53. The zero-order valence-electron chi connectivity index (χ0n) is 12.5. The number of hydrogen-bond donors (Lipinski definition) is 2. The molecule has 0 unspecified atom stereocenters. The Morgan fingerprint density at radius 2 is 1.95 bits per heavy atom. The molecule has 1 aromatic rings. The maximum absolute atomic E-state index is 4.66. The average molecular weight is 274 g/mol. The van der Waals surface area contributed by atoms with Crippen LogP contribution in [0.25, 0.3) is 0 Å². The minimum absolute atomic E-state index is 0.553. The van der Waals surface area contributed by atoms with Gasteiger partial charge in [-0.3, -0.25) is 0 Å². The fourth-order valence-electron chi connectivity index (χ4n) is 3.43. The van der Waals surface area contributed by atoms with E-state index >= 15 is 0 Å². The van der Waals surface area contributed by atoms with Gasteiger partial charge in [0.05, 0.1) is 5.69 Å². The van der Waals surface area contributed by atoms with Gasteiger partial charge in [0, 0.05) is 24.6 Å². The van der Waals surface area contributed by atoms with Crippen LogP contribution >= 0.6 is 0 Å². The van der Waals surface area contributed by atoms with Crippen molar-refractivity contribution in [2.45, 2.75) is 63.8 Å². The summed E-state index contributed by atoms with van der Waals surface area (Å²) in [6.07, 6.45) is 9.14. The molecule has 0 bridgehead atoms. The second kappa shape index (κ2) is 6.53. The van der Waals surface area contributed by atoms with Crippen molar-refractivity contribution in [3.8, 4) is 0 Å². The molecule has 2 N–H and O–H groups in total. The molecule has 0 amide bonds. The number of piperidine rings is 1. The van der Waals surface area contributed by atoms with Crippen LogP contribution in [0.15, 0.2) is 6.07 Å². The number of nitrogens with zero attached hydrogens (tertiary/aromatic N) is 2. The van der Waals surface area contributed by atoms with E-state index in [-0.39, 0.29) is 0 Å². The molecule has 2 heterocycles. The molecular weight excluding hydrogens is 248 g/mol. The van der Waals surface area contributed by atoms with E-state index in [4.69, 9.17) is 0 Å². The van der Waals surface area contributed by atoms with Crippen LogP contribution < -0.4 is 10.6 Å². The Bertz CT molecular complexity index is 434. The van der Waals surface area contributed by atoms with Crippen LogP contribution in [0.4, 0.5) is 5.82 Å². The maximum atomic E-state index is 4.66. The van der Waals surface area contributed by atoms with Crippen molar-refractivity contribution in [3.63, 3.8) is 0 Å². The highest BCUT2D eigenvalue weighted by Gasteiger charge is 2.19. The Morgan fingerprint density at radius 3 is 2.70 bits per heavy atom. The minimum atomic E-state index is 0.553. The lowest BCUT2D eigenvalue weighted by Crippen LogP contribution is -2.29. The molecule has 2 aliphatic rings. The van der Waals surface area contributed by atoms with E-state index in [9.17, 15) is 0 Å². The molecule has 4 heteroatoms. The van der Waals surface area contributed by atoms with Crippen LogP contribution in [0.5, 0.6) is 0 Å². The second-order valence-electron chi connectivity index (χ2n) is 6.25. The molecule has 1 atom stereocenters. The van der Waals surface area contributed by atoms with E-state index in [1.807, 2.05) is 6.92 Å². The van der Waals surface area contributed by atoms with Crippen LogP contribution in [0.3, 0.4) is 0 Å². The smallest absolute Gasteiger partial charge is 0.130 e. The average Bonchev–Trinajstić information content (AvgIpc) is 2.49. The molecule has 110 valence electrons.